The maximum atomic E-state index is 11.9. The average molecular weight is 286 g/mol. The Hall–Kier alpha value is -1.11. The van der Waals surface area contributed by atoms with Gasteiger partial charge in [-0.1, -0.05) is 19.9 Å². The normalized spacial score (nSPS) is 13.7. The minimum atomic E-state index is -3.61. The van der Waals surface area contributed by atoms with E-state index >= 15 is 0 Å². The van der Waals surface area contributed by atoms with E-state index in [1.807, 2.05) is 0 Å². The van der Waals surface area contributed by atoms with E-state index in [-0.39, 0.29) is 11.1 Å². The molecule has 0 saturated heterocycles. The van der Waals surface area contributed by atoms with Crippen LogP contribution in [0.15, 0.2) is 34.3 Å². The lowest BCUT2D eigenvalue weighted by molar-refractivity contribution is 0.394. The molecule has 108 valence electrons. The van der Waals surface area contributed by atoms with Gasteiger partial charge in [-0.2, -0.15) is 0 Å². The van der Waals surface area contributed by atoms with E-state index in [2.05, 4.69) is 30.5 Å². The number of hydrogen-bond donors (Lipinski definition) is 2. The maximum absolute atomic E-state index is 11.9. The Labute approximate surface area is 115 Å². The Bertz CT molecular complexity index is 506. The molecule has 1 unspecified atom stereocenters. The Kier molecular flexibility index (Phi) is 5.78. The van der Waals surface area contributed by atoms with E-state index in [0.29, 0.717) is 18.2 Å². The lowest BCUT2D eigenvalue weighted by atomic mass is 10.2. The quantitative estimate of drug-likeness (QED) is 0.716. The molecule has 2 N–H and O–H groups in total. The zero-order valence-corrected chi connectivity index (χ0v) is 12.5. The van der Waals surface area contributed by atoms with Crippen molar-refractivity contribution in [1.29, 1.82) is 0 Å². The van der Waals surface area contributed by atoms with E-state index in [0.717, 1.165) is 6.54 Å². The fourth-order valence-electron chi connectivity index (χ4n) is 1.43. The monoisotopic (exact) mass is 286 g/mol. The van der Waals surface area contributed by atoms with Crippen LogP contribution in [0.4, 0.5) is 0 Å². The molecule has 0 aliphatic rings. The molecule has 1 atom stereocenters. The summed E-state index contributed by atoms with van der Waals surface area (Å²) in [7, 11) is -3.61. The third-order valence-corrected chi connectivity index (χ3v) is 3.88. The number of furan rings is 1. The molecule has 0 spiro atoms. The summed E-state index contributed by atoms with van der Waals surface area (Å²) >= 11 is 0. The molecule has 0 amide bonds. The molecule has 0 radical (unpaired) electrons. The molecule has 1 aromatic rings. The number of rotatable bonds is 8. The van der Waals surface area contributed by atoms with Gasteiger partial charge in [0.1, 0.15) is 5.76 Å². The van der Waals surface area contributed by atoms with Gasteiger partial charge in [-0.15, -0.1) is 6.58 Å². The molecule has 1 rings (SSSR count). The number of hydrogen-bond acceptors (Lipinski definition) is 4. The Balaban J connectivity index is 2.65. The van der Waals surface area contributed by atoms with Crippen LogP contribution in [-0.2, 0) is 16.6 Å². The summed E-state index contributed by atoms with van der Waals surface area (Å²) in [4.78, 5) is 0. The van der Waals surface area contributed by atoms with Crippen LogP contribution >= 0.6 is 0 Å². The summed E-state index contributed by atoms with van der Waals surface area (Å²) in [5, 5.41) is 3.13. The molecule has 0 aliphatic heterocycles. The minimum absolute atomic E-state index is 0.0671. The van der Waals surface area contributed by atoms with Crippen molar-refractivity contribution in [3.05, 3.63) is 30.5 Å². The van der Waals surface area contributed by atoms with Crippen LogP contribution in [0, 0.1) is 5.92 Å². The van der Waals surface area contributed by atoms with E-state index in [4.69, 9.17) is 4.42 Å². The summed E-state index contributed by atoms with van der Waals surface area (Å²) < 4.78 is 31.6. The second kappa shape index (κ2) is 6.88. The van der Waals surface area contributed by atoms with E-state index in [1.165, 1.54) is 12.1 Å². The molecule has 0 aromatic carbocycles. The Morgan fingerprint density at radius 1 is 1.37 bits per heavy atom. The van der Waals surface area contributed by atoms with Gasteiger partial charge in [-0.05, 0) is 31.5 Å². The van der Waals surface area contributed by atoms with E-state index in [1.54, 1.807) is 13.0 Å². The van der Waals surface area contributed by atoms with Crippen molar-refractivity contribution >= 4 is 10.0 Å². The van der Waals surface area contributed by atoms with Gasteiger partial charge in [0, 0.05) is 6.04 Å². The summed E-state index contributed by atoms with van der Waals surface area (Å²) in [5.74, 6) is 1.14. The maximum Gasteiger partial charge on any atom is 0.274 e. The van der Waals surface area contributed by atoms with Gasteiger partial charge in [0.2, 0.25) is 5.09 Å². The molecule has 1 aromatic heterocycles. The zero-order valence-electron chi connectivity index (χ0n) is 11.6. The minimum Gasteiger partial charge on any atom is -0.447 e. The third kappa shape index (κ3) is 5.18. The molecule has 0 bridgehead atoms. The SMILES string of the molecule is C=CC(C)NS(=O)(=O)c1ccc(CNCC(C)C)o1. The van der Waals surface area contributed by atoms with Crippen molar-refractivity contribution in [2.24, 2.45) is 5.92 Å². The van der Waals surface area contributed by atoms with Gasteiger partial charge in [0.25, 0.3) is 10.0 Å². The fourth-order valence-corrected chi connectivity index (χ4v) is 2.60. The number of nitrogens with one attached hydrogen (secondary N) is 2. The first-order valence-electron chi connectivity index (χ1n) is 6.29. The first-order valence-corrected chi connectivity index (χ1v) is 7.77. The highest BCUT2D eigenvalue weighted by Crippen LogP contribution is 2.14. The molecular formula is C13H22N2O3S. The lowest BCUT2D eigenvalue weighted by Gasteiger charge is -2.08. The van der Waals surface area contributed by atoms with Gasteiger partial charge in [-0.3, -0.25) is 0 Å². The van der Waals surface area contributed by atoms with Crippen molar-refractivity contribution in [1.82, 2.24) is 10.0 Å². The van der Waals surface area contributed by atoms with Gasteiger partial charge < -0.3 is 9.73 Å². The van der Waals surface area contributed by atoms with E-state index < -0.39 is 10.0 Å². The predicted molar refractivity (Wildman–Crippen MR) is 75.2 cm³/mol. The molecule has 0 fully saturated rings. The van der Waals surface area contributed by atoms with Crippen molar-refractivity contribution < 1.29 is 12.8 Å². The zero-order chi connectivity index (χ0) is 14.5. The van der Waals surface area contributed by atoms with Gasteiger partial charge in [0.05, 0.1) is 6.54 Å². The average Bonchev–Trinajstić information content (AvgIpc) is 2.77. The van der Waals surface area contributed by atoms with Crippen LogP contribution < -0.4 is 10.0 Å². The summed E-state index contributed by atoms with van der Waals surface area (Å²) in [5.41, 5.74) is 0. The van der Waals surface area contributed by atoms with Crippen LogP contribution in [0.3, 0.4) is 0 Å². The largest absolute Gasteiger partial charge is 0.447 e. The topological polar surface area (TPSA) is 71.3 Å². The lowest BCUT2D eigenvalue weighted by Crippen LogP contribution is -2.30. The third-order valence-electron chi connectivity index (χ3n) is 2.45. The van der Waals surface area contributed by atoms with Gasteiger partial charge in [-0.25, -0.2) is 13.1 Å². The standard InChI is InChI=1S/C13H22N2O3S/c1-5-11(4)15-19(16,17)13-7-6-12(18-13)9-14-8-10(2)3/h5-7,10-11,14-15H,1,8-9H2,2-4H3. The van der Waals surface area contributed by atoms with Crippen LogP contribution in [0.1, 0.15) is 26.5 Å². The predicted octanol–water partition coefficient (Wildman–Crippen LogP) is 1.88. The molecule has 19 heavy (non-hydrogen) atoms. The molecule has 5 nitrogen and oxygen atoms in total. The molecule has 1 heterocycles. The van der Waals surface area contributed by atoms with Crippen molar-refractivity contribution in [3.63, 3.8) is 0 Å². The molecule has 0 saturated carbocycles. The van der Waals surface area contributed by atoms with Crippen LogP contribution in [0.5, 0.6) is 0 Å². The molecular weight excluding hydrogens is 264 g/mol. The fraction of sp³-hybridized carbons (Fsp3) is 0.538. The smallest absolute Gasteiger partial charge is 0.274 e. The Morgan fingerprint density at radius 3 is 2.63 bits per heavy atom. The molecule has 0 aliphatic carbocycles. The second-order valence-electron chi connectivity index (χ2n) is 4.89. The van der Waals surface area contributed by atoms with Crippen LogP contribution in [0.25, 0.3) is 0 Å². The van der Waals surface area contributed by atoms with Crippen molar-refractivity contribution in [3.8, 4) is 0 Å². The summed E-state index contributed by atoms with van der Waals surface area (Å²) in [6, 6.07) is 2.79. The highest BCUT2D eigenvalue weighted by Gasteiger charge is 2.20. The van der Waals surface area contributed by atoms with Crippen molar-refractivity contribution in [2.45, 2.75) is 38.5 Å². The Morgan fingerprint density at radius 2 is 2.05 bits per heavy atom. The van der Waals surface area contributed by atoms with E-state index in [9.17, 15) is 8.42 Å². The van der Waals surface area contributed by atoms with Gasteiger partial charge >= 0.3 is 0 Å². The second-order valence-corrected chi connectivity index (χ2v) is 6.54. The summed E-state index contributed by atoms with van der Waals surface area (Å²) in [6.07, 6.45) is 1.52. The first kappa shape index (κ1) is 15.9. The summed E-state index contributed by atoms with van der Waals surface area (Å²) in [6.45, 7) is 10.8. The first-order chi connectivity index (χ1) is 8.85. The van der Waals surface area contributed by atoms with Crippen LogP contribution in [0.2, 0.25) is 0 Å². The highest BCUT2D eigenvalue weighted by molar-refractivity contribution is 7.89. The molecule has 6 heteroatoms. The van der Waals surface area contributed by atoms with Crippen LogP contribution in [-0.4, -0.2) is 21.0 Å². The van der Waals surface area contributed by atoms with Crippen molar-refractivity contribution in [2.75, 3.05) is 6.54 Å². The number of sulfonamides is 1. The highest BCUT2D eigenvalue weighted by atomic mass is 32.2. The van der Waals surface area contributed by atoms with Gasteiger partial charge in [0.15, 0.2) is 0 Å².